The molecule has 0 spiro atoms. The number of nitrogens with one attached hydrogen (secondary N) is 2. The summed E-state index contributed by atoms with van der Waals surface area (Å²) in [5, 5.41) is 4.73. The van der Waals surface area contributed by atoms with E-state index < -0.39 is 15.9 Å². The number of hydrogen-bond acceptors (Lipinski definition) is 5. The Kier molecular flexibility index (Phi) is 8.15. The van der Waals surface area contributed by atoms with Crippen LogP contribution < -0.4 is 10.0 Å². The predicted octanol–water partition coefficient (Wildman–Crippen LogP) is 3.01. The maximum atomic E-state index is 12.9. The Morgan fingerprint density at radius 1 is 0.969 bits per heavy atom. The molecule has 0 radical (unpaired) electrons. The van der Waals surface area contributed by atoms with Crippen molar-refractivity contribution in [3.8, 4) is 0 Å². The van der Waals surface area contributed by atoms with Gasteiger partial charge in [-0.1, -0.05) is 42.5 Å². The van der Waals surface area contributed by atoms with Crippen LogP contribution in [0.1, 0.15) is 27.7 Å². The molecule has 0 aliphatic carbocycles. The van der Waals surface area contributed by atoms with Crippen LogP contribution in [-0.2, 0) is 27.9 Å². The molecule has 7 nitrogen and oxygen atoms in total. The molecule has 9 heteroatoms. The third-order valence-electron chi connectivity index (χ3n) is 4.74. The smallest absolute Gasteiger partial charge is 0.254 e. The van der Waals surface area contributed by atoms with E-state index in [9.17, 15) is 18.0 Å². The fourth-order valence-electron chi connectivity index (χ4n) is 2.99. The van der Waals surface area contributed by atoms with Crippen molar-refractivity contribution in [3.05, 3.63) is 88.1 Å². The van der Waals surface area contributed by atoms with Gasteiger partial charge in [0.25, 0.3) is 5.91 Å². The van der Waals surface area contributed by atoms with Crippen LogP contribution in [0.2, 0.25) is 0 Å². The van der Waals surface area contributed by atoms with Crippen LogP contribution >= 0.6 is 11.3 Å². The number of carbonyl (C=O) groups is 2. The molecule has 2 aromatic carbocycles. The second kappa shape index (κ2) is 11.0. The van der Waals surface area contributed by atoms with E-state index in [0.29, 0.717) is 13.1 Å². The Morgan fingerprint density at radius 3 is 2.44 bits per heavy atom. The van der Waals surface area contributed by atoms with Gasteiger partial charge in [0.15, 0.2) is 0 Å². The second-order valence-electron chi connectivity index (χ2n) is 7.01. The van der Waals surface area contributed by atoms with Crippen molar-refractivity contribution in [2.75, 3.05) is 13.1 Å². The summed E-state index contributed by atoms with van der Waals surface area (Å²) in [4.78, 5) is 27.6. The van der Waals surface area contributed by atoms with Crippen LogP contribution in [0.5, 0.6) is 0 Å². The molecule has 0 unspecified atom stereocenters. The lowest BCUT2D eigenvalue weighted by Gasteiger charge is -2.20. The summed E-state index contributed by atoms with van der Waals surface area (Å²) in [6.07, 6.45) is 0. The van der Waals surface area contributed by atoms with Crippen molar-refractivity contribution >= 4 is 33.2 Å². The van der Waals surface area contributed by atoms with Crippen molar-refractivity contribution in [2.45, 2.75) is 24.9 Å². The zero-order valence-corrected chi connectivity index (χ0v) is 19.3. The summed E-state index contributed by atoms with van der Waals surface area (Å²) in [6, 6.07) is 18.8. The van der Waals surface area contributed by atoms with Crippen molar-refractivity contribution in [3.63, 3.8) is 0 Å². The van der Waals surface area contributed by atoms with E-state index >= 15 is 0 Å². The zero-order valence-electron chi connectivity index (χ0n) is 17.7. The molecule has 2 amide bonds. The highest BCUT2D eigenvalue weighted by Crippen LogP contribution is 2.14. The first-order valence-corrected chi connectivity index (χ1v) is 12.5. The molecule has 0 atom stereocenters. The zero-order chi connectivity index (χ0) is 23.0. The average molecular weight is 472 g/mol. The number of benzene rings is 2. The van der Waals surface area contributed by atoms with Gasteiger partial charge in [0.1, 0.15) is 0 Å². The summed E-state index contributed by atoms with van der Waals surface area (Å²) in [5.74, 6) is -0.680. The van der Waals surface area contributed by atoms with Gasteiger partial charge in [-0.25, -0.2) is 13.1 Å². The van der Waals surface area contributed by atoms with Crippen LogP contribution in [0.25, 0.3) is 0 Å². The highest BCUT2D eigenvalue weighted by Gasteiger charge is 2.20. The van der Waals surface area contributed by atoms with Crippen LogP contribution in [0.4, 0.5) is 0 Å². The lowest BCUT2D eigenvalue weighted by molar-refractivity contribution is -0.121. The van der Waals surface area contributed by atoms with Crippen molar-refractivity contribution in [1.29, 1.82) is 0 Å². The van der Waals surface area contributed by atoms with E-state index in [2.05, 4.69) is 10.0 Å². The summed E-state index contributed by atoms with van der Waals surface area (Å²) >= 11 is 1.54. The normalized spacial score (nSPS) is 11.2. The minimum Gasteiger partial charge on any atom is -0.350 e. The minimum atomic E-state index is -3.80. The summed E-state index contributed by atoms with van der Waals surface area (Å²) in [6.45, 7) is 2.53. The molecule has 3 rings (SSSR count). The second-order valence-corrected chi connectivity index (χ2v) is 9.81. The Balaban J connectivity index is 1.65. The molecule has 3 aromatic rings. The van der Waals surface area contributed by atoms with Gasteiger partial charge in [-0.3, -0.25) is 9.59 Å². The van der Waals surface area contributed by atoms with E-state index in [1.165, 1.54) is 23.1 Å². The molecule has 0 bridgehead atoms. The lowest BCUT2D eigenvalue weighted by Crippen LogP contribution is -2.40. The molecular weight excluding hydrogens is 446 g/mol. The van der Waals surface area contributed by atoms with Crippen LogP contribution in [0.15, 0.2) is 77.0 Å². The predicted molar refractivity (Wildman–Crippen MR) is 125 cm³/mol. The van der Waals surface area contributed by atoms with Gasteiger partial charge in [-0.15, -0.1) is 11.3 Å². The fraction of sp³-hybridized carbons (Fsp3) is 0.217. The highest BCUT2D eigenvalue weighted by molar-refractivity contribution is 7.89. The fourth-order valence-corrected chi connectivity index (χ4v) is 4.70. The Hall–Kier alpha value is -3.01. The minimum absolute atomic E-state index is 0.00233. The Labute approximate surface area is 192 Å². The maximum absolute atomic E-state index is 12.9. The topological polar surface area (TPSA) is 95.6 Å². The number of carbonyl (C=O) groups excluding carboxylic acids is 2. The molecule has 1 heterocycles. The number of thiophene rings is 1. The van der Waals surface area contributed by atoms with Crippen molar-refractivity contribution < 1.29 is 18.0 Å². The molecule has 1 aromatic heterocycles. The van der Waals surface area contributed by atoms with Crippen LogP contribution in [0.3, 0.4) is 0 Å². The third-order valence-corrected chi connectivity index (χ3v) is 7.02. The van der Waals surface area contributed by atoms with E-state index in [1.807, 2.05) is 47.8 Å². The van der Waals surface area contributed by atoms with Gasteiger partial charge >= 0.3 is 0 Å². The highest BCUT2D eigenvalue weighted by atomic mass is 32.2. The van der Waals surface area contributed by atoms with Crippen molar-refractivity contribution in [2.24, 2.45) is 0 Å². The number of sulfonamides is 1. The molecule has 0 aliphatic heterocycles. The van der Waals surface area contributed by atoms with Gasteiger partial charge in [-0.2, -0.15) is 0 Å². The number of likely N-dealkylation sites (N-methyl/N-ethyl adjacent to an activating group) is 1. The lowest BCUT2D eigenvalue weighted by atomic mass is 10.2. The summed E-state index contributed by atoms with van der Waals surface area (Å²) < 4.78 is 27.9. The average Bonchev–Trinajstić information content (AvgIpc) is 3.34. The number of rotatable bonds is 10. The van der Waals surface area contributed by atoms with Gasteiger partial charge in [0, 0.05) is 23.5 Å². The van der Waals surface area contributed by atoms with Gasteiger partial charge in [-0.05, 0) is 42.1 Å². The van der Waals surface area contributed by atoms with Crippen molar-refractivity contribution in [1.82, 2.24) is 14.9 Å². The number of nitrogens with zero attached hydrogens (tertiary/aromatic N) is 1. The number of amides is 2. The first kappa shape index (κ1) is 23.6. The SMILES string of the molecule is CCN(CC(=O)NCc1cccs1)C(=O)c1cccc(S(=O)(=O)NCc2ccccc2)c1. The number of hydrogen-bond donors (Lipinski definition) is 2. The Morgan fingerprint density at radius 2 is 1.75 bits per heavy atom. The molecule has 0 aliphatic rings. The van der Waals surface area contributed by atoms with E-state index in [-0.39, 0.29) is 29.5 Å². The van der Waals surface area contributed by atoms with Gasteiger partial charge in [0.2, 0.25) is 15.9 Å². The largest absolute Gasteiger partial charge is 0.350 e. The Bertz CT molecular complexity index is 1150. The molecular formula is C23H25N3O4S2. The van der Waals surface area contributed by atoms with E-state index in [0.717, 1.165) is 10.4 Å². The van der Waals surface area contributed by atoms with Gasteiger partial charge < -0.3 is 10.2 Å². The third kappa shape index (κ3) is 6.49. The quantitative estimate of drug-likeness (QED) is 0.475. The van der Waals surface area contributed by atoms with Gasteiger partial charge in [0.05, 0.1) is 18.0 Å². The standard InChI is InChI=1S/C23H25N3O4S2/c1-2-26(17-22(27)24-16-20-11-7-13-31-20)23(28)19-10-6-12-21(14-19)32(29,30)25-15-18-8-4-3-5-9-18/h3-14,25H,2,15-17H2,1H3,(H,24,27). The molecule has 32 heavy (non-hydrogen) atoms. The van der Waals surface area contributed by atoms with E-state index in [1.54, 1.807) is 24.3 Å². The molecule has 0 saturated carbocycles. The first-order valence-electron chi connectivity index (χ1n) is 10.1. The molecule has 168 valence electrons. The van der Waals surface area contributed by atoms with Crippen LogP contribution in [-0.4, -0.2) is 38.2 Å². The monoisotopic (exact) mass is 471 g/mol. The van der Waals surface area contributed by atoms with Crippen LogP contribution in [0, 0.1) is 0 Å². The summed E-state index contributed by atoms with van der Waals surface area (Å²) in [5.41, 5.74) is 1.04. The maximum Gasteiger partial charge on any atom is 0.254 e. The first-order chi connectivity index (χ1) is 15.4. The van der Waals surface area contributed by atoms with E-state index in [4.69, 9.17) is 0 Å². The molecule has 0 fully saturated rings. The molecule has 2 N–H and O–H groups in total. The summed E-state index contributed by atoms with van der Waals surface area (Å²) in [7, 11) is -3.80. The molecule has 0 saturated heterocycles.